The second-order valence-electron chi connectivity index (χ2n) is 5.90. The smallest absolute Gasteiger partial charge is 0.303 e. The number of carbonyl (C=O) groups excluding carboxylic acids is 2. The van der Waals surface area contributed by atoms with E-state index in [0.29, 0.717) is 17.6 Å². The zero-order valence-electron chi connectivity index (χ0n) is 14.5. The second-order valence-corrected chi connectivity index (χ2v) is 6.28. The molecule has 0 spiro atoms. The molecule has 2 unspecified atom stereocenters. The maximum absolute atomic E-state index is 11.6. The van der Waals surface area contributed by atoms with Crippen LogP contribution in [0.5, 0.6) is 0 Å². The Morgan fingerprint density at radius 2 is 2.00 bits per heavy atom. The number of aromatic amines is 1. The molecule has 3 heterocycles. The van der Waals surface area contributed by atoms with Crippen molar-refractivity contribution in [3.8, 4) is 0 Å². The van der Waals surface area contributed by atoms with Crippen molar-refractivity contribution in [2.75, 3.05) is 5.73 Å². The molecule has 3 rings (SSSR count). The zero-order chi connectivity index (χ0) is 19.0. The molecule has 0 aromatic carbocycles. The van der Waals surface area contributed by atoms with Crippen molar-refractivity contribution in [1.82, 2.24) is 19.5 Å². The van der Waals surface area contributed by atoms with Crippen molar-refractivity contribution in [2.45, 2.75) is 51.7 Å². The van der Waals surface area contributed by atoms with Gasteiger partial charge in [-0.1, -0.05) is 19.1 Å². The van der Waals surface area contributed by atoms with E-state index in [1.807, 2.05) is 6.92 Å². The lowest BCUT2D eigenvalue weighted by atomic mass is 10.1. The first-order chi connectivity index (χ1) is 12.3. The van der Waals surface area contributed by atoms with Crippen molar-refractivity contribution in [3.63, 3.8) is 0 Å². The standard InChI is InChI=1S/C15H19N5O5S/c1-4-8-10(23-6(2)21)11(24-7(3)22)14(25-8)20-5-17-9-12(20)18-15(16)19-13(9)26/h5,8,10-11,14H,4H2,1-3H3,(H3,16,18,19,26)/t8-,10?,11?,14-/m1/s1. The van der Waals surface area contributed by atoms with E-state index in [1.54, 1.807) is 4.57 Å². The number of aromatic nitrogens is 4. The van der Waals surface area contributed by atoms with Crippen LogP contribution in [0.4, 0.5) is 5.95 Å². The number of anilines is 1. The van der Waals surface area contributed by atoms with Crippen LogP contribution in [0.15, 0.2) is 6.33 Å². The van der Waals surface area contributed by atoms with Gasteiger partial charge in [-0.25, -0.2) is 9.97 Å². The molecule has 11 heteroatoms. The summed E-state index contributed by atoms with van der Waals surface area (Å²) in [4.78, 5) is 34.2. The van der Waals surface area contributed by atoms with E-state index in [-0.39, 0.29) is 10.6 Å². The summed E-state index contributed by atoms with van der Waals surface area (Å²) in [5, 5.41) is 0. The predicted octanol–water partition coefficient (Wildman–Crippen LogP) is 1.24. The molecule has 1 aliphatic heterocycles. The zero-order valence-corrected chi connectivity index (χ0v) is 15.3. The summed E-state index contributed by atoms with van der Waals surface area (Å²) in [6, 6.07) is 0. The van der Waals surface area contributed by atoms with Gasteiger partial charge in [0.1, 0.15) is 17.3 Å². The second kappa shape index (κ2) is 7.00. The number of hydrogen-bond acceptors (Lipinski definition) is 9. The Kier molecular flexibility index (Phi) is 4.92. The van der Waals surface area contributed by atoms with E-state index >= 15 is 0 Å². The normalized spacial score (nSPS) is 25.3. The Morgan fingerprint density at radius 3 is 2.62 bits per heavy atom. The molecule has 2 aromatic rings. The number of nitrogen functional groups attached to an aromatic ring is 1. The molecule has 3 N–H and O–H groups in total. The maximum atomic E-state index is 11.6. The fourth-order valence-electron chi connectivity index (χ4n) is 3.06. The molecule has 0 amide bonds. The number of H-pyrrole nitrogens is 1. The molecule has 140 valence electrons. The minimum Gasteiger partial charge on any atom is -0.456 e. The van der Waals surface area contributed by atoms with Gasteiger partial charge in [0.05, 0.1) is 6.33 Å². The molecule has 1 fully saturated rings. The van der Waals surface area contributed by atoms with Gasteiger partial charge in [0.15, 0.2) is 29.0 Å². The van der Waals surface area contributed by atoms with Crippen LogP contribution in [0.3, 0.4) is 0 Å². The number of ether oxygens (including phenoxy) is 3. The molecular formula is C15H19N5O5S. The lowest BCUT2D eigenvalue weighted by Crippen LogP contribution is -2.38. The highest BCUT2D eigenvalue weighted by molar-refractivity contribution is 7.71. The fourth-order valence-corrected chi connectivity index (χ4v) is 3.31. The topological polar surface area (TPSA) is 134 Å². The highest BCUT2D eigenvalue weighted by atomic mass is 32.1. The lowest BCUT2D eigenvalue weighted by molar-refractivity contribution is -0.165. The van der Waals surface area contributed by atoms with Crippen LogP contribution in [0, 0.1) is 4.64 Å². The van der Waals surface area contributed by atoms with Crippen molar-refractivity contribution in [2.24, 2.45) is 0 Å². The predicted molar refractivity (Wildman–Crippen MR) is 92.4 cm³/mol. The highest BCUT2D eigenvalue weighted by Crippen LogP contribution is 2.36. The number of hydrogen-bond donors (Lipinski definition) is 2. The summed E-state index contributed by atoms with van der Waals surface area (Å²) in [7, 11) is 0. The Bertz CT molecular complexity index is 909. The van der Waals surface area contributed by atoms with E-state index < -0.39 is 36.5 Å². The van der Waals surface area contributed by atoms with Gasteiger partial charge >= 0.3 is 11.9 Å². The van der Waals surface area contributed by atoms with Gasteiger partial charge in [0.25, 0.3) is 0 Å². The van der Waals surface area contributed by atoms with Crippen molar-refractivity contribution in [3.05, 3.63) is 11.0 Å². The molecule has 10 nitrogen and oxygen atoms in total. The van der Waals surface area contributed by atoms with Crippen LogP contribution in [-0.2, 0) is 23.8 Å². The first-order valence-corrected chi connectivity index (χ1v) is 8.44. The first-order valence-electron chi connectivity index (χ1n) is 8.04. The van der Waals surface area contributed by atoms with Crippen LogP contribution in [0.25, 0.3) is 11.2 Å². The van der Waals surface area contributed by atoms with Gasteiger partial charge in [-0.3, -0.25) is 14.2 Å². The number of rotatable bonds is 4. The molecule has 1 saturated heterocycles. The molecular weight excluding hydrogens is 362 g/mol. The van der Waals surface area contributed by atoms with Gasteiger partial charge in [-0.05, 0) is 6.42 Å². The number of nitrogens with two attached hydrogens (primary N) is 1. The van der Waals surface area contributed by atoms with Crippen molar-refractivity contribution in [1.29, 1.82) is 0 Å². The number of nitrogens with one attached hydrogen (secondary N) is 1. The molecule has 0 radical (unpaired) electrons. The number of fused-ring (bicyclic) bond motifs is 1. The number of imidazole rings is 1. The van der Waals surface area contributed by atoms with Gasteiger partial charge in [0, 0.05) is 13.8 Å². The van der Waals surface area contributed by atoms with Crippen LogP contribution < -0.4 is 5.73 Å². The molecule has 2 aromatic heterocycles. The fraction of sp³-hybridized carbons (Fsp3) is 0.533. The Hall–Kier alpha value is -2.53. The number of esters is 2. The number of carbonyl (C=O) groups is 2. The molecule has 1 aliphatic rings. The highest BCUT2D eigenvalue weighted by Gasteiger charge is 2.49. The molecule has 0 bridgehead atoms. The van der Waals surface area contributed by atoms with Crippen molar-refractivity contribution < 1.29 is 23.8 Å². The summed E-state index contributed by atoms with van der Waals surface area (Å²) in [5.41, 5.74) is 6.65. The molecule has 0 saturated carbocycles. The summed E-state index contributed by atoms with van der Waals surface area (Å²) in [5.74, 6) is -0.885. The van der Waals surface area contributed by atoms with Crippen LogP contribution in [0.1, 0.15) is 33.4 Å². The summed E-state index contributed by atoms with van der Waals surface area (Å²) in [6.45, 7) is 4.46. The Balaban J connectivity index is 2.08. The van der Waals surface area contributed by atoms with E-state index in [9.17, 15) is 9.59 Å². The lowest BCUT2D eigenvalue weighted by Gasteiger charge is -2.23. The van der Waals surface area contributed by atoms with E-state index in [1.165, 1.54) is 20.2 Å². The van der Waals surface area contributed by atoms with Crippen LogP contribution >= 0.6 is 12.2 Å². The summed E-state index contributed by atoms with van der Waals surface area (Å²) in [6.07, 6.45) is -0.777. The summed E-state index contributed by atoms with van der Waals surface area (Å²) >= 11 is 5.17. The monoisotopic (exact) mass is 381 g/mol. The number of nitrogens with zero attached hydrogens (tertiary/aromatic N) is 3. The van der Waals surface area contributed by atoms with Gasteiger partial charge in [0.2, 0.25) is 0 Å². The third-order valence-corrected chi connectivity index (χ3v) is 4.32. The van der Waals surface area contributed by atoms with Crippen LogP contribution in [0.2, 0.25) is 0 Å². The van der Waals surface area contributed by atoms with Crippen LogP contribution in [-0.4, -0.2) is 49.8 Å². The maximum Gasteiger partial charge on any atom is 0.303 e. The third kappa shape index (κ3) is 3.27. The van der Waals surface area contributed by atoms with Gasteiger partial charge in [-0.15, -0.1) is 0 Å². The molecule has 0 aliphatic carbocycles. The van der Waals surface area contributed by atoms with Crippen molar-refractivity contribution >= 4 is 41.3 Å². The van der Waals surface area contributed by atoms with E-state index in [4.69, 9.17) is 32.2 Å². The largest absolute Gasteiger partial charge is 0.456 e. The van der Waals surface area contributed by atoms with E-state index in [0.717, 1.165) is 0 Å². The van der Waals surface area contributed by atoms with Gasteiger partial charge < -0.3 is 24.9 Å². The first kappa shape index (κ1) is 18.3. The average molecular weight is 381 g/mol. The molecule has 26 heavy (non-hydrogen) atoms. The quantitative estimate of drug-likeness (QED) is 0.592. The molecule has 4 atom stereocenters. The minimum atomic E-state index is -0.852. The van der Waals surface area contributed by atoms with E-state index in [2.05, 4.69) is 15.0 Å². The third-order valence-electron chi connectivity index (χ3n) is 4.03. The summed E-state index contributed by atoms with van der Waals surface area (Å²) < 4.78 is 18.7. The Labute approximate surface area is 153 Å². The minimum absolute atomic E-state index is 0.120. The Morgan fingerprint density at radius 1 is 1.35 bits per heavy atom. The average Bonchev–Trinajstić information content (AvgIpc) is 3.09. The van der Waals surface area contributed by atoms with Gasteiger partial charge in [-0.2, -0.15) is 0 Å². The SMILES string of the molecule is CC[C@H]1O[C@@H](n2cnc3c(=S)nc(N)[nH]c32)C(OC(C)=O)C1OC(C)=O.